The Bertz CT molecular complexity index is 461. The number of rotatable bonds is 4. The number of likely N-dealkylation sites (N-methyl/N-ethyl adjacent to an activating group) is 1. The van der Waals surface area contributed by atoms with E-state index >= 15 is 0 Å². The van der Waals surface area contributed by atoms with Gasteiger partial charge in [0.05, 0.1) is 0 Å². The number of carboxylic acids is 1. The van der Waals surface area contributed by atoms with Crippen LogP contribution in [0.4, 0.5) is 4.79 Å². The van der Waals surface area contributed by atoms with Gasteiger partial charge in [0.25, 0.3) is 0 Å². The minimum absolute atomic E-state index is 0.0415. The maximum Gasteiger partial charge on any atom is 0.324 e. The molecule has 1 saturated heterocycles. The molecule has 0 aliphatic carbocycles. The molecule has 0 saturated carbocycles. The summed E-state index contributed by atoms with van der Waals surface area (Å²) in [6.07, 6.45) is -0.000234. The number of piperazine rings is 1. The van der Waals surface area contributed by atoms with Crippen LogP contribution in [0.1, 0.15) is 33.1 Å². The fraction of sp³-hybridized carbons (Fsp3) is 0.692. The van der Waals surface area contributed by atoms with Crippen LogP contribution < -0.4 is 5.32 Å². The predicted octanol–water partition coefficient (Wildman–Crippen LogP) is 0.0301. The molecule has 118 valence electrons. The Morgan fingerprint density at radius 2 is 1.86 bits per heavy atom. The van der Waals surface area contributed by atoms with Gasteiger partial charge < -0.3 is 14.9 Å². The molecule has 1 aliphatic heterocycles. The molecule has 0 aromatic rings. The second kappa shape index (κ2) is 6.55. The van der Waals surface area contributed by atoms with Crippen LogP contribution >= 0.6 is 0 Å². The molecule has 0 unspecified atom stereocenters. The van der Waals surface area contributed by atoms with Crippen LogP contribution in [0.2, 0.25) is 0 Å². The number of carboxylic acid groups (broad SMARTS) is 1. The highest BCUT2D eigenvalue weighted by Crippen LogP contribution is 2.21. The molecule has 0 aromatic carbocycles. The van der Waals surface area contributed by atoms with Gasteiger partial charge in [-0.1, -0.05) is 0 Å². The second-order valence-corrected chi connectivity index (χ2v) is 5.54. The summed E-state index contributed by atoms with van der Waals surface area (Å²) in [7, 11) is 1.66. The number of hydrogen-bond donors (Lipinski definition) is 2. The molecule has 1 fully saturated rings. The Balaban J connectivity index is 2.57. The van der Waals surface area contributed by atoms with Gasteiger partial charge in [-0.15, -0.1) is 0 Å². The third kappa shape index (κ3) is 4.17. The van der Waals surface area contributed by atoms with Crippen LogP contribution in [0, 0.1) is 0 Å². The molecule has 21 heavy (non-hydrogen) atoms. The third-order valence-electron chi connectivity index (χ3n) is 3.49. The Labute approximate surface area is 123 Å². The summed E-state index contributed by atoms with van der Waals surface area (Å²) in [5.74, 6) is -1.72. The van der Waals surface area contributed by atoms with E-state index in [9.17, 15) is 19.2 Å². The number of hydrogen-bond acceptors (Lipinski definition) is 4. The van der Waals surface area contributed by atoms with E-state index in [-0.39, 0.29) is 25.2 Å². The maximum atomic E-state index is 12.1. The molecule has 4 amide bonds. The van der Waals surface area contributed by atoms with E-state index in [1.54, 1.807) is 25.8 Å². The molecule has 0 aromatic heterocycles. The first-order valence-corrected chi connectivity index (χ1v) is 6.75. The monoisotopic (exact) mass is 299 g/mol. The Morgan fingerprint density at radius 3 is 2.43 bits per heavy atom. The molecule has 1 rings (SSSR count). The Kier molecular flexibility index (Phi) is 5.28. The first-order valence-electron chi connectivity index (χ1n) is 6.75. The highest BCUT2D eigenvalue weighted by Gasteiger charge is 2.43. The van der Waals surface area contributed by atoms with E-state index < -0.39 is 23.4 Å². The number of nitrogens with zero attached hydrogens (tertiary/aromatic N) is 2. The highest BCUT2D eigenvalue weighted by molar-refractivity contribution is 5.98. The van der Waals surface area contributed by atoms with E-state index in [2.05, 4.69) is 5.32 Å². The first kappa shape index (κ1) is 16.9. The van der Waals surface area contributed by atoms with Gasteiger partial charge in [-0.05, 0) is 20.3 Å². The van der Waals surface area contributed by atoms with Crippen molar-refractivity contribution in [1.29, 1.82) is 0 Å². The summed E-state index contributed by atoms with van der Waals surface area (Å²) in [5, 5.41) is 10.7. The van der Waals surface area contributed by atoms with E-state index in [1.807, 2.05) is 0 Å². The van der Waals surface area contributed by atoms with Gasteiger partial charge in [-0.2, -0.15) is 0 Å². The molecular formula is C13H21N3O5. The van der Waals surface area contributed by atoms with Crippen molar-refractivity contribution in [2.24, 2.45) is 0 Å². The normalized spacial score (nSPS) is 17.6. The molecule has 1 aliphatic rings. The number of imide groups is 1. The SMILES string of the molecule is CN1CCN(C(=O)NC(=O)CCCC(=O)O)C(C)(C)C1=O. The van der Waals surface area contributed by atoms with Crippen LogP contribution in [-0.2, 0) is 14.4 Å². The van der Waals surface area contributed by atoms with E-state index in [0.717, 1.165) is 0 Å². The zero-order chi connectivity index (χ0) is 16.2. The summed E-state index contributed by atoms with van der Waals surface area (Å²) in [6.45, 7) is 3.99. The van der Waals surface area contributed by atoms with Crippen molar-refractivity contribution < 1.29 is 24.3 Å². The molecule has 8 heteroatoms. The molecule has 0 bridgehead atoms. The standard InChI is InChI=1S/C13H21N3O5/c1-13(2)11(20)15(3)7-8-16(13)12(21)14-9(17)5-4-6-10(18)19/h4-8H2,1-3H3,(H,18,19)(H,14,17,21). The van der Waals surface area contributed by atoms with Crippen molar-refractivity contribution >= 4 is 23.8 Å². The van der Waals surface area contributed by atoms with Crippen molar-refractivity contribution in [2.45, 2.75) is 38.6 Å². The number of carbonyl (C=O) groups excluding carboxylic acids is 3. The third-order valence-corrected chi connectivity index (χ3v) is 3.49. The van der Waals surface area contributed by atoms with Crippen molar-refractivity contribution in [3.8, 4) is 0 Å². The van der Waals surface area contributed by atoms with Gasteiger partial charge >= 0.3 is 12.0 Å². The quantitative estimate of drug-likeness (QED) is 0.761. The van der Waals surface area contributed by atoms with Crippen molar-refractivity contribution in [2.75, 3.05) is 20.1 Å². The predicted molar refractivity (Wildman–Crippen MR) is 73.4 cm³/mol. The number of carbonyl (C=O) groups is 4. The van der Waals surface area contributed by atoms with Crippen LogP contribution in [0.3, 0.4) is 0 Å². The van der Waals surface area contributed by atoms with Gasteiger partial charge in [0.1, 0.15) is 5.54 Å². The molecule has 0 spiro atoms. The van der Waals surface area contributed by atoms with Gasteiger partial charge in [-0.25, -0.2) is 4.79 Å². The molecule has 0 radical (unpaired) electrons. The average molecular weight is 299 g/mol. The lowest BCUT2D eigenvalue weighted by Crippen LogP contribution is -2.65. The van der Waals surface area contributed by atoms with Crippen LogP contribution in [0.25, 0.3) is 0 Å². The zero-order valence-electron chi connectivity index (χ0n) is 12.5. The Hall–Kier alpha value is -2.12. The summed E-state index contributed by atoms with van der Waals surface area (Å²) in [6, 6.07) is -0.623. The Morgan fingerprint density at radius 1 is 1.24 bits per heavy atom. The van der Waals surface area contributed by atoms with E-state index in [4.69, 9.17) is 5.11 Å². The lowest BCUT2D eigenvalue weighted by Gasteiger charge is -2.44. The maximum absolute atomic E-state index is 12.1. The molecule has 2 N–H and O–H groups in total. The first-order chi connectivity index (χ1) is 9.66. The van der Waals surface area contributed by atoms with Crippen molar-refractivity contribution in [1.82, 2.24) is 15.1 Å². The zero-order valence-corrected chi connectivity index (χ0v) is 12.5. The lowest BCUT2D eigenvalue weighted by molar-refractivity contribution is -0.144. The van der Waals surface area contributed by atoms with Gasteiger partial charge in [0, 0.05) is 33.0 Å². The van der Waals surface area contributed by atoms with Crippen LogP contribution in [-0.4, -0.2) is 64.4 Å². The summed E-state index contributed by atoms with van der Waals surface area (Å²) < 4.78 is 0. The molecule has 8 nitrogen and oxygen atoms in total. The van der Waals surface area contributed by atoms with Crippen LogP contribution in [0.5, 0.6) is 0 Å². The second-order valence-electron chi connectivity index (χ2n) is 5.54. The molecule has 0 atom stereocenters. The van der Waals surface area contributed by atoms with E-state index in [0.29, 0.717) is 13.1 Å². The average Bonchev–Trinajstić information content (AvgIpc) is 2.35. The van der Waals surface area contributed by atoms with Crippen molar-refractivity contribution in [3.05, 3.63) is 0 Å². The summed E-state index contributed by atoms with van der Waals surface area (Å²) in [5.41, 5.74) is -1.02. The minimum atomic E-state index is -1.02. The fourth-order valence-corrected chi connectivity index (χ4v) is 2.22. The largest absolute Gasteiger partial charge is 0.481 e. The minimum Gasteiger partial charge on any atom is -0.481 e. The summed E-state index contributed by atoms with van der Waals surface area (Å²) >= 11 is 0. The summed E-state index contributed by atoms with van der Waals surface area (Å²) in [4.78, 5) is 48.9. The number of nitrogens with one attached hydrogen (secondary N) is 1. The number of amides is 4. The number of urea groups is 1. The number of aliphatic carboxylic acids is 1. The lowest BCUT2D eigenvalue weighted by atomic mass is 9.98. The van der Waals surface area contributed by atoms with Crippen LogP contribution in [0.15, 0.2) is 0 Å². The smallest absolute Gasteiger partial charge is 0.324 e. The fourth-order valence-electron chi connectivity index (χ4n) is 2.22. The van der Waals surface area contributed by atoms with Gasteiger partial charge in [-0.3, -0.25) is 19.7 Å². The van der Waals surface area contributed by atoms with E-state index in [1.165, 1.54) is 4.90 Å². The highest BCUT2D eigenvalue weighted by atomic mass is 16.4. The van der Waals surface area contributed by atoms with Gasteiger partial charge in [0.2, 0.25) is 11.8 Å². The molecular weight excluding hydrogens is 278 g/mol. The van der Waals surface area contributed by atoms with Crippen molar-refractivity contribution in [3.63, 3.8) is 0 Å². The topological polar surface area (TPSA) is 107 Å². The van der Waals surface area contributed by atoms with Gasteiger partial charge in [0.15, 0.2) is 0 Å². The molecule has 1 heterocycles.